The second-order valence-electron chi connectivity index (χ2n) is 9.75. The predicted octanol–water partition coefficient (Wildman–Crippen LogP) is 5.28. The summed E-state index contributed by atoms with van der Waals surface area (Å²) in [4.78, 5) is 21.1. The first-order chi connectivity index (χ1) is 18.0. The van der Waals surface area contributed by atoms with E-state index in [0.29, 0.717) is 6.17 Å². The van der Waals surface area contributed by atoms with E-state index >= 15 is 0 Å². The van der Waals surface area contributed by atoms with Crippen molar-refractivity contribution in [2.45, 2.75) is 39.9 Å². The molecule has 1 aromatic carbocycles. The number of nitrogens with zero attached hydrogens (tertiary/aromatic N) is 5. The van der Waals surface area contributed by atoms with Crippen molar-refractivity contribution in [3.05, 3.63) is 64.6 Å². The molecule has 0 radical (unpaired) electrons. The molecule has 9 heteroatoms. The molecule has 1 fully saturated rings. The molecule has 2 aliphatic heterocycles. The second kappa shape index (κ2) is 10.3. The summed E-state index contributed by atoms with van der Waals surface area (Å²) in [6.45, 7) is 12.0. The minimum atomic E-state index is 0.408. The Morgan fingerprint density at radius 3 is 2.68 bits per heavy atom. The van der Waals surface area contributed by atoms with Crippen LogP contribution in [0, 0.1) is 13.8 Å². The number of pyridine rings is 1. The number of anilines is 2. The summed E-state index contributed by atoms with van der Waals surface area (Å²) in [7, 11) is 0. The summed E-state index contributed by atoms with van der Waals surface area (Å²) in [5, 5.41) is 4.72. The number of hydrogen-bond donors (Lipinski definition) is 1. The summed E-state index contributed by atoms with van der Waals surface area (Å²) < 4.78 is 11.6. The lowest BCUT2D eigenvalue weighted by molar-refractivity contribution is -0.0302. The van der Waals surface area contributed by atoms with Crippen molar-refractivity contribution in [1.82, 2.24) is 24.8 Å². The van der Waals surface area contributed by atoms with Gasteiger partial charge in [-0.2, -0.15) is 0 Å². The normalized spacial score (nSPS) is 17.5. The van der Waals surface area contributed by atoms with Gasteiger partial charge in [0.1, 0.15) is 28.5 Å². The monoisotopic (exact) mass is 516 g/mol. The molecule has 2 aliphatic rings. The topological polar surface area (TPSA) is 75.6 Å². The molecular formula is C28H32N6O2S. The van der Waals surface area contributed by atoms with E-state index in [-0.39, 0.29) is 0 Å². The van der Waals surface area contributed by atoms with E-state index in [1.54, 1.807) is 23.9 Å². The Bertz CT molecular complexity index is 1400. The minimum absolute atomic E-state index is 0.408. The summed E-state index contributed by atoms with van der Waals surface area (Å²) >= 11 is 1.80. The second-order valence-corrected chi connectivity index (χ2v) is 10.8. The fourth-order valence-electron chi connectivity index (χ4n) is 5.16. The van der Waals surface area contributed by atoms with Crippen molar-refractivity contribution >= 4 is 33.1 Å². The van der Waals surface area contributed by atoms with Crippen molar-refractivity contribution in [1.29, 1.82) is 0 Å². The molecule has 0 bridgehead atoms. The Kier molecular flexibility index (Phi) is 6.77. The number of benzene rings is 1. The molecule has 1 saturated heterocycles. The zero-order chi connectivity index (χ0) is 25.4. The third kappa shape index (κ3) is 5.04. The van der Waals surface area contributed by atoms with Crippen LogP contribution in [0.15, 0.2) is 42.9 Å². The molecule has 1 unspecified atom stereocenters. The van der Waals surface area contributed by atoms with E-state index in [2.05, 4.69) is 43.1 Å². The maximum Gasteiger partial charge on any atom is 0.145 e. The molecular weight excluding hydrogens is 484 g/mol. The average molecular weight is 517 g/mol. The van der Waals surface area contributed by atoms with Crippen LogP contribution in [0.1, 0.15) is 28.6 Å². The molecule has 5 heterocycles. The van der Waals surface area contributed by atoms with Crippen LogP contribution in [0.5, 0.6) is 11.5 Å². The number of thiophene rings is 1. The van der Waals surface area contributed by atoms with E-state index in [9.17, 15) is 0 Å². The van der Waals surface area contributed by atoms with Crippen molar-refractivity contribution in [2.75, 3.05) is 38.2 Å². The van der Waals surface area contributed by atoms with Gasteiger partial charge >= 0.3 is 0 Å². The quantitative estimate of drug-likeness (QED) is 0.371. The number of aryl methyl sites for hydroxylation is 2. The number of morpholine rings is 1. The highest BCUT2D eigenvalue weighted by molar-refractivity contribution is 7.19. The SMILES string of the molecule is Cc1ccc(Oc2ccc(Nc3ncnc4sc5c(c34)CCN(C(C)N3CCOCC3)C5)cc2C)cn1. The number of rotatable bonds is 6. The van der Waals surface area contributed by atoms with Crippen LogP contribution in [0.3, 0.4) is 0 Å². The first kappa shape index (κ1) is 24.2. The van der Waals surface area contributed by atoms with Crippen LogP contribution in [-0.2, 0) is 17.7 Å². The number of hydrogen-bond acceptors (Lipinski definition) is 9. The Morgan fingerprint density at radius 1 is 1.03 bits per heavy atom. The molecule has 1 atom stereocenters. The smallest absolute Gasteiger partial charge is 0.145 e. The van der Waals surface area contributed by atoms with Gasteiger partial charge in [-0.1, -0.05) is 0 Å². The molecule has 37 heavy (non-hydrogen) atoms. The molecule has 4 aromatic rings. The minimum Gasteiger partial charge on any atom is -0.455 e. The Hall–Kier alpha value is -3.11. The van der Waals surface area contributed by atoms with E-state index < -0.39 is 0 Å². The largest absolute Gasteiger partial charge is 0.455 e. The molecule has 0 aliphatic carbocycles. The summed E-state index contributed by atoms with van der Waals surface area (Å²) in [6, 6.07) is 10.0. The van der Waals surface area contributed by atoms with Crippen molar-refractivity contribution in [2.24, 2.45) is 0 Å². The van der Waals surface area contributed by atoms with Crippen molar-refractivity contribution in [3.63, 3.8) is 0 Å². The molecule has 0 amide bonds. The third-order valence-corrected chi connectivity index (χ3v) is 8.44. The van der Waals surface area contributed by atoms with Gasteiger partial charge in [0, 0.05) is 42.4 Å². The summed E-state index contributed by atoms with van der Waals surface area (Å²) in [5.74, 6) is 2.41. The molecule has 192 valence electrons. The molecule has 3 aromatic heterocycles. The summed E-state index contributed by atoms with van der Waals surface area (Å²) in [5.41, 5.74) is 4.37. The van der Waals surface area contributed by atoms with Gasteiger partial charge in [0.05, 0.1) is 31.0 Å². The van der Waals surface area contributed by atoms with Gasteiger partial charge < -0.3 is 14.8 Å². The highest BCUT2D eigenvalue weighted by Crippen LogP contribution is 2.39. The lowest BCUT2D eigenvalue weighted by Gasteiger charge is -2.40. The Morgan fingerprint density at radius 2 is 1.89 bits per heavy atom. The number of ether oxygens (including phenoxy) is 2. The molecule has 0 saturated carbocycles. The highest BCUT2D eigenvalue weighted by atomic mass is 32.1. The van der Waals surface area contributed by atoms with Crippen molar-refractivity contribution < 1.29 is 9.47 Å². The van der Waals surface area contributed by atoms with Crippen LogP contribution < -0.4 is 10.1 Å². The fourth-order valence-corrected chi connectivity index (χ4v) is 6.38. The van der Waals surface area contributed by atoms with Crippen molar-refractivity contribution in [3.8, 4) is 11.5 Å². The van der Waals surface area contributed by atoms with Crippen LogP contribution >= 0.6 is 11.3 Å². The number of fused-ring (bicyclic) bond motifs is 3. The standard InChI is InChI=1S/C28H32N6O2S/c1-18-14-21(5-7-24(18)36-22-6-4-19(2)29-15-22)32-27-26-23-8-9-34(20(3)33-10-12-35-13-11-33)16-25(23)37-28(26)31-17-30-27/h4-7,14-15,17,20H,8-13,16H2,1-3H3,(H,30,31,32). The first-order valence-electron chi connectivity index (χ1n) is 12.8. The lowest BCUT2D eigenvalue weighted by atomic mass is 10.0. The molecule has 0 spiro atoms. The van der Waals surface area contributed by atoms with Crippen LogP contribution in [0.2, 0.25) is 0 Å². The van der Waals surface area contributed by atoms with Crippen LogP contribution in [-0.4, -0.2) is 63.8 Å². The van der Waals surface area contributed by atoms with E-state index in [0.717, 1.165) is 90.3 Å². The van der Waals surface area contributed by atoms with Gasteiger partial charge in [-0.25, -0.2) is 9.97 Å². The average Bonchev–Trinajstić information content (AvgIpc) is 3.30. The fraction of sp³-hybridized carbons (Fsp3) is 0.393. The van der Waals surface area contributed by atoms with Gasteiger partial charge in [-0.05, 0) is 68.7 Å². The zero-order valence-corrected chi connectivity index (χ0v) is 22.3. The molecule has 6 rings (SSSR count). The van der Waals surface area contributed by atoms with E-state index in [4.69, 9.17) is 9.47 Å². The molecule has 1 N–H and O–H groups in total. The van der Waals surface area contributed by atoms with Gasteiger partial charge in [0.15, 0.2) is 0 Å². The van der Waals surface area contributed by atoms with Gasteiger partial charge in [-0.15, -0.1) is 11.3 Å². The third-order valence-electron chi connectivity index (χ3n) is 7.32. The van der Waals surface area contributed by atoms with Crippen LogP contribution in [0.25, 0.3) is 10.2 Å². The maximum absolute atomic E-state index is 6.05. The molecule has 8 nitrogen and oxygen atoms in total. The summed E-state index contributed by atoms with van der Waals surface area (Å²) in [6.07, 6.45) is 4.82. The van der Waals surface area contributed by atoms with Gasteiger partial charge in [-0.3, -0.25) is 14.8 Å². The Balaban J connectivity index is 1.21. The predicted molar refractivity (Wildman–Crippen MR) is 147 cm³/mol. The number of nitrogens with one attached hydrogen (secondary N) is 1. The van der Waals surface area contributed by atoms with Gasteiger partial charge in [0.25, 0.3) is 0 Å². The lowest BCUT2D eigenvalue weighted by Crippen LogP contribution is -2.51. The Labute approximate surface area is 221 Å². The number of aromatic nitrogens is 3. The zero-order valence-electron chi connectivity index (χ0n) is 21.5. The van der Waals surface area contributed by atoms with E-state index in [1.165, 1.54) is 10.4 Å². The maximum atomic E-state index is 6.05. The van der Waals surface area contributed by atoms with Crippen LogP contribution in [0.4, 0.5) is 11.5 Å². The van der Waals surface area contributed by atoms with Gasteiger partial charge in [0.2, 0.25) is 0 Å². The highest BCUT2D eigenvalue weighted by Gasteiger charge is 2.29. The first-order valence-corrected chi connectivity index (χ1v) is 13.7. The van der Waals surface area contributed by atoms with E-state index in [1.807, 2.05) is 38.1 Å².